The van der Waals surface area contributed by atoms with E-state index in [4.69, 9.17) is 5.11 Å². The van der Waals surface area contributed by atoms with Crippen LogP contribution in [0.5, 0.6) is 0 Å². The Labute approximate surface area is 157 Å². The van der Waals surface area contributed by atoms with Crippen molar-refractivity contribution in [2.24, 2.45) is 5.92 Å². The quantitative estimate of drug-likeness (QED) is 0.855. The van der Waals surface area contributed by atoms with Crippen LogP contribution in [-0.4, -0.2) is 68.9 Å². The van der Waals surface area contributed by atoms with Gasteiger partial charge in [0.15, 0.2) is 0 Å². The molecule has 1 fully saturated rings. The van der Waals surface area contributed by atoms with Crippen LogP contribution in [0.3, 0.4) is 0 Å². The molecule has 3 rings (SSSR count). The van der Waals surface area contributed by atoms with Crippen LogP contribution in [0.1, 0.15) is 23.2 Å². The first-order valence-electron chi connectivity index (χ1n) is 8.80. The van der Waals surface area contributed by atoms with Gasteiger partial charge in [-0.3, -0.25) is 14.4 Å². The number of carbonyl (C=O) groups is 3. The Kier molecular flexibility index (Phi) is 5.54. The Morgan fingerprint density at radius 3 is 2.63 bits per heavy atom. The van der Waals surface area contributed by atoms with Gasteiger partial charge in [-0.2, -0.15) is 0 Å². The molecule has 0 radical (unpaired) electrons. The third kappa shape index (κ3) is 4.33. The van der Waals surface area contributed by atoms with Crippen molar-refractivity contribution in [1.29, 1.82) is 0 Å². The molecular weight excluding hydrogens is 348 g/mol. The highest BCUT2D eigenvalue weighted by Crippen LogP contribution is 2.17. The van der Waals surface area contributed by atoms with Crippen LogP contribution in [0.2, 0.25) is 0 Å². The summed E-state index contributed by atoms with van der Waals surface area (Å²) in [5, 5.41) is 9.14. The second-order valence-corrected chi connectivity index (χ2v) is 6.70. The number of likely N-dealkylation sites (N-methyl/N-ethyl adjacent to an activating group) is 1. The molecule has 1 saturated heterocycles. The molecule has 1 atom stereocenters. The number of imidazole rings is 1. The molecule has 142 valence electrons. The molecule has 2 heterocycles. The lowest BCUT2D eigenvalue weighted by molar-refractivity contribution is -0.145. The van der Waals surface area contributed by atoms with Crippen LogP contribution in [0.4, 0.5) is 0 Å². The fraction of sp³-hybridized carbons (Fsp3) is 0.368. The van der Waals surface area contributed by atoms with Crippen molar-refractivity contribution >= 4 is 17.8 Å². The molecule has 0 bridgehead atoms. The summed E-state index contributed by atoms with van der Waals surface area (Å²) in [5.74, 6) is -1.89. The standard InChI is InChI=1S/C19H22N4O4/c1-21(12-17(24)22-9-2-3-15(11-22)19(26)27)18(25)14-4-6-16(7-5-14)23-10-8-20-13-23/h4-8,10,13,15H,2-3,9,11-12H2,1H3,(H,26,27). The average molecular weight is 370 g/mol. The van der Waals surface area contributed by atoms with Crippen molar-refractivity contribution < 1.29 is 19.5 Å². The van der Waals surface area contributed by atoms with Gasteiger partial charge < -0.3 is 19.5 Å². The van der Waals surface area contributed by atoms with Gasteiger partial charge in [-0.05, 0) is 37.1 Å². The fourth-order valence-electron chi connectivity index (χ4n) is 3.19. The number of likely N-dealkylation sites (tertiary alicyclic amines) is 1. The van der Waals surface area contributed by atoms with Gasteiger partial charge in [-0.15, -0.1) is 0 Å². The molecule has 27 heavy (non-hydrogen) atoms. The maximum atomic E-state index is 12.6. The Balaban J connectivity index is 1.60. The van der Waals surface area contributed by atoms with Gasteiger partial charge in [0.2, 0.25) is 5.91 Å². The number of carbonyl (C=O) groups excluding carboxylic acids is 2. The molecule has 1 N–H and O–H groups in total. The minimum absolute atomic E-state index is 0.0750. The Hall–Kier alpha value is -3.16. The van der Waals surface area contributed by atoms with Crippen LogP contribution < -0.4 is 0 Å². The van der Waals surface area contributed by atoms with Crippen LogP contribution in [0, 0.1) is 5.92 Å². The number of aliphatic carboxylic acids is 1. The summed E-state index contributed by atoms with van der Waals surface area (Å²) in [4.78, 5) is 43.1. The normalized spacial score (nSPS) is 16.8. The second kappa shape index (κ2) is 8.03. The number of hydrogen-bond donors (Lipinski definition) is 1. The minimum atomic E-state index is -0.880. The monoisotopic (exact) mass is 370 g/mol. The van der Waals surface area contributed by atoms with Crippen LogP contribution in [0.25, 0.3) is 5.69 Å². The largest absolute Gasteiger partial charge is 0.481 e. The number of nitrogens with zero attached hydrogens (tertiary/aromatic N) is 4. The minimum Gasteiger partial charge on any atom is -0.481 e. The first-order chi connectivity index (χ1) is 13.0. The summed E-state index contributed by atoms with van der Waals surface area (Å²) in [6, 6.07) is 7.04. The van der Waals surface area contributed by atoms with E-state index in [9.17, 15) is 14.4 Å². The number of hydrogen-bond acceptors (Lipinski definition) is 4. The third-order valence-corrected chi connectivity index (χ3v) is 4.76. The van der Waals surface area contributed by atoms with Gasteiger partial charge in [0.05, 0.1) is 18.8 Å². The maximum absolute atomic E-state index is 12.6. The van der Waals surface area contributed by atoms with Crippen molar-refractivity contribution in [3.8, 4) is 5.69 Å². The van der Waals surface area contributed by atoms with Gasteiger partial charge >= 0.3 is 5.97 Å². The van der Waals surface area contributed by atoms with Crippen LogP contribution >= 0.6 is 0 Å². The highest BCUT2D eigenvalue weighted by molar-refractivity contribution is 5.96. The average Bonchev–Trinajstić information content (AvgIpc) is 3.22. The number of piperidine rings is 1. The second-order valence-electron chi connectivity index (χ2n) is 6.70. The molecule has 0 spiro atoms. The lowest BCUT2D eigenvalue weighted by atomic mass is 9.98. The van der Waals surface area contributed by atoms with Crippen molar-refractivity contribution in [2.45, 2.75) is 12.8 Å². The van der Waals surface area contributed by atoms with Gasteiger partial charge in [0.1, 0.15) is 0 Å². The Morgan fingerprint density at radius 2 is 2.00 bits per heavy atom. The molecule has 0 aliphatic carbocycles. The van der Waals surface area contributed by atoms with Crippen molar-refractivity contribution in [1.82, 2.24) is 19.4 Å². The van der Waals surface area contributed by atoms with E-state index in [0.29, 0.717) is 24.9 Å². The summed E-state index contributed by atoms with van der Waals surface area (Å²) in [5.41, 5.74) is 1.37. The Bertz CT molecular complexity index is 817. The molecule has 1 aromatic carbocycles. The molecule has 1 aliphatic rings. The molecule has 1 aromatic heterocycles. The molecule has 1 unspecified atom stereocenters. The van der Waals surface area contributed by atoms with Crippen molar-refractivity contribution in [3.63, 3.8) is 0 Å². The highest BCUT2D eigenvalue weighted by Gasteiger charge is 2.29. The smallest absolute Gasteiger partial charge is 0.308 e. The number of benzene rings is 1. The highest BCUT2D eigenvalue weighted by atomic mass is 16.4. The molecule has 2 aromatic rings. The topological polar surface area (TPSA) is 95.7 Å². The number of carboxylic acid groups (broad SMARTS) is 1. The number of amides is 2. The SMILES string of the molecule is CN(CC(=O)N1CCCC(C(=O)O)C1)C(=O)c1ccc(-n2ccnc2)cc1. The lowest BCUT2D eigenvalue weighted by Gasteiger charge is -2.32. The van der Waals surface area contributed by atoms with E-state index in [1.54, 1.807) is 31.7 Å². The predicted octanol–water partition coefficient (Wildman–Crippen LogP) is 1.27. The number of aromatic nitrogens is 2. The van der Waals surface area contributed by atoms with E-state index in [1.165, 1.54) is 9.80 Å². The zero-order valence-corrected chi connectivity index (χ0v) is 15.1. The zero-order chi connectivity index (χ0) is 19.4. The van der Waals surface area contributed by atoms with E-state index >= 15 is 0 Å². The first kappa shape index (κ1) is 18.6. The van der Waals surface area contributed by atoms with E-state index in [-0.39, 0.29) is 24.9 Å². The van der Waals surface area contributed by atoms with Gasteiger partial charge in [-0.1, -0.05) is 0 Å². The van der Waals surface area contributed by atoms with Gasteiger partial charge in [0.25, 0.3) is 5.91 Å². The van der Waals surface area contributed by atoms with Crippen molar-refractivity contribution in [3.05, 3.63) is 48.5 Å². The third-order valence-electron chi connectivity index (χ3n) is 4.76. The van der Waals surface area contributed by atoms with E-state index in [1.807, 2.05) is 22.9 Å². The van der Waals surface area contributed by atoms with E-state index in [0.717, 1.165) is 5.69 Å². The number of carboxylic acids is 1. The van der Waals surface area contributed by atoms with E-state index < -0.39 is 11.9 Å². The van der Waals surface area contributed by atoms with E-state index in [2.05, 4.69) is 4.98 Å². The Morgan fingerprint density at radius 1 is 1.26 bits per heavy atom. The van der Waals surface area contributed by atoms with Crippen LogP contribution in [0.15, 0.2) is 43.0 Å². The summed E-state index contributed by atoms with van der Waals surface area (Å²) in [7, 11) is 1.57. The van der Waals surface area contributed by atoms with Crippen LogP contribution in [-0.2, 0) is 9.59 Å². The summed E-state index contributed by atoms with van der Waals surface area (Å²) < 4.78 is 1.83. The molecular formula is C19H22N4O4. The predicted molar refractivity (Wildman–Crippen MR) is 97.5 cm³/mol. The summed E-state index contributed by atoms with van der Waals surface area (Å²) in [6.07, 6.45) is 6.40. The molecule has 0 saturated carbocycles. The summed E-state index contributed by atoms with van der Waals surface area (Å²) >= 11 is 0. The van der Waals surface area contributed by atoms with Gasteiger partial charge in [-0.25, -0.2) is 4.98 Å². The molecule has 1 aliphatic heterocycles. The maximum Gasteiger partial charge on any atom is 0.308 e. The fourth-order valence-corrected chi connectivity index (χ4v) is 3.19. The summed E-state index contributed by atoms with van der Waals surface area (Å²) in [6.45, 7) is 0.661. The molecule has 8 nitrogen and oxygen atoms in total. The number of rotatable bonds is 5. The van der Waals surface area contributed by atoms with Gasteiger partial charge in [0, 0.05) is 43.8 Å². The molecule has 8 heteroatoms. The molecule has 2 amide bonds. The van der Waals surface area contributed by atoms with Crippen molar-refractivity contribution in [2.75, 3.05) is 26.7 Å². The lowest BCUT2D eigenvalue weighted by Crippen LogP contribution is -2.46. The first-order valence-corrected chi connectivity index (χ1v) is 8.80. The zero-order valence-electron chi connectivity index (χ0n) is 15.1.